The van der Waals surface area contributed by atoms with Crippen LogP contribution in [0.4, 0.5) is 11.4 Å². The molecule has 0 unspecified atom stereocenters. The molecular weight excluding hydrogens is 380 g/mol. The Labute approximate surface area is 165 Å². The molecule has 150 valence electrons. The van der Waals surface area contributed by atoms with E-state index in [0.29, 0.717) is 27.8 Å². The van der Waals surface area contributed by atoms with E-state index in [-0.39, 0.29) is 17.1 Å². The molecule has 0 aliphatic rings. The third-order valence-electron chi connectivity index (χ3n) is 4.35. The number of nitro groups is 1. The van der Waals surface area contributed by atoms with Crippen molar-refractivity contribution in [2.24, 2.45) is 0 Å². The number of aryl methyl sites for hydroxylation is 2. The highest BCUT2D eigenvalue weighted by atomic mass is 16.6. The van der Waals surface area contributed by atoms with Crippen LogP contribution in [0.2, 0.25) is 0 Å². The molecule has 0 aliphatic carbocycles. The Kier molecular flexibility index (Phi) is 5.49. The van der Waals surface area contributed by atoms with Crippen LogP contribution in [-0.2, 0) is 9.53 Å². The molecule has 2 aromatic carbocycles. The number of amides is 1. The van der Waals surface area contributed by atoms with E-state index in [1.807, 2.05) is 0 Å². The molecule has 0 radical (unpaired) electrons. The molecule has 1 amide bonds. The highest BCUT2D eigenvalue weighted by Crippen LogP contribution is 2.29. The highest BCUT2D eigenvalue weighted by molar-refractivity contribution is 5.98. The number of carbonyl (C=O) groups excluding carboxylic acids is 2. The number of anilines is 1. The van der Waals surface area contributed by atoms with E-state index in [1.165, 1.54) is 25.3 Å². The molecule has 0 spiro atoms. The average Bonchev–Trinajstić information content (AvgIpc) is 3.03. The van der Waals surface area contributed by atoms with E-state index < -0.39 is 23.4 Å². The van der Waals surface area contributed by atoms with Crippen LogP contribution in [-0.4, -0.2) is 30.5 Å². The van der Waals surface area contributed by atoms with E-state index in [0.717, 1.165) is 0 Å². The number of nitrogens with one attached hydrogen (secondary N) is 1. The Morgan fingerprint density at radius 1 is 1.17 bits per heavy atom. The van der Waals surface area contributed by atoms with Gasteiger partial charge >= 0.3 is 5.97 Å². The number of rotatable bonds is 6. The minimum Gasteiger partial charge on any atom is -0.497 e. The summed E-state index contributed by atoms with van der Waals surface area (Å²) in [5.74, 6) is -0.811. The molecule has 0 fully saturated rings. The second kappa shape index (κ2) is 8.01. The van der Waals surface area contributed by atoms with E-state index in [1.54, 1.807) is 32.0 Å². The Hall–Kier alpha value is -3.88. The predicted octanol–water partition coefficient (Wildman–Crippen LogP) is 3.76. The summed E-state index contributed by atoms with van der Waals surface area (Å²) in [5, 5.41) is 14.1. The zero-order valence-electron chi connectivity index (χ0n) is 16.0. The van der Waals surface area contributed by atoms with Crippen molar-refractivity contribution in [1.82, 2.24) is 0 Å². The minimum atomic E-state index is -0.789. The molecule has 1 N–H and O–H groups in total. The summed E-state index contributed by atoms with van der Waals surface area (Å²) >= 11 is 0. The number of carbonyl (C=O) groups is 2. The van der Waals surface area contributed by atoms with Gasteiger partial charge < -0.3 is 19.2 Å². The number of ether oxygens (including phenoxy) is 2. The van der Waals surface area contributed by atoms with Crippen molar-refractivity contribution >= 4 is 34.2 Å². The number of hydrogen-bond acceptors (Lipinski definition) is 7. The van der Waals surface area contributed by atoms with Gasteiger partial charge in [0.15, 0.2) is 6.61 Å². The Balaban J connectivity index is 1.67. The van der Waals surface area contributed by atoms with Gasteiger partial charge in [0.1, 0.15) is 11.3 Å². The molecule has 3 rings (SSSR count). The molecule has 3 aromatic rings. The van der Waals surface area contributed by atoms with E-state index in [4.69, 9.17) is 13.9 Å². The van der Waals surface area contributed by atoms with Crippen LogP contribution >= 0.6 is 0 Å². The second-order valence-corrected chi connectivity index (χ2v) is 6.30. The third-order valence-corrected chi connectivity index (χ3v) is 4.35. The molecule has 0 atom stereocenters. The van der Waals surface area contributed by atoms with Crippen LogP contribution < -0.4 is 10.1 Å². The number of methoxy groups -OCH3 is 1. The normalized spacial score (nSPS) is 10.6. The number of hydrogen-bond donors (Lipinski definition) is 1. The largest absolute Gasteiger partial charge is 0.497 e. The van der Waals surface area contributed by atoms with Crippen molar-refractivity contribution < 1.29 is 28.4 Å². The zero-order chi connectivity index (χ0) is 21.1. The van der Waals surface area contributed by atoms with Crippen LogP contribution in [0, 0.1) is 24.0 Å². The van der Waals surface area contributed by atoms with Crippen molar-refractivity contribution in [3.63, 3.8) is 0 Å². The van der Waals surface area contributed by atoms with Gasteiger partial charge in [0.05, 0.1) is 12.0 Å². The van der Waals surface area contributed by atoms with E-state index >= 15 is 0 Å². The maximum absolute atomic E-state index is 12.3. The van der Waals surface area contributed by atoms with Gasteiger partial charge in [0.25, 0.3) is 11.6 Å². The van der Waals surface area contributed by atoms with Crippen LogP contribution in [0.3, 0.4) is 0 Å². The average molecular weight is 398 g/mol. The van der Waals surface area contributed by atoms with E-state index in [9.17, 15) is 19.7 Å². The van der Waals surface area contributed by atoms with Gasteiger partial charge in [-0.2, -0.15) is 0 Å². The maximum Gasteiger partial charge on any atom is 0.375 e. The lowest BCUT2D eigenvalue weighted by atomic mass is 10.1. The molecule has 9 heteroatoms. The quantitative estimate of drug-likeness (QED) is 0.381. The van der Waals surface area contributed by atoms with Gasteiger partial charge in [-0.3, -0.25) is 14.9 Å². The first-order valence-electron chi connectivity index (χ1n) is 8.59. The Morgan fingerprint density at radius 3 is 2.62 bits per heavy atom. The van der Waals surface area contributed by atoms with Crippen molar-refractivity contribution in [3.8, 4) is 5.75 Å². The molecule has 1 aromatic heterocycles. The number of benzene rings is 2. The van der Waals surface area contributed by atoms with Crippen molar-refractivity contribution in [1.29, 1.82) is 0 Å². The van der Waals surface area contributed by atoms with Gasteiger partial charge in [-0.25, -0.2) is 4.79 Å². The fourth-order valence-electron chi connectivity index (χ4n) is 2.80. The molecule has 9 nitrogen and oxygen atoms in total. The molecule has 29 heavy (non-hydrogen) atoms. The van der Waals surface area contributed by atoms with Gasteiger partial charge in [-0.1, -0.05) is 6.07 Å². The first-order chi connectivity index (χ1) is 13.8. The first-order valence-corrected chi connectivity index (χ1v) is 8.59. The number of nitro benzene ring substituents is 1. The Bertz CT molecular complexity index is 1120. The minimum absolute atomic E-state index is 0.00738. The van der Waals surface area contributed by atoms with Crippen molar-refractivity contribution in [2.75, 3.05) is 19.0 Å². The van der Waals surface area contributed by atoms with Crippen molar-refractivity contribution in [3.05, 3.63) is 63.4 Å². The maximum atomic E-state index is 12.3. The SMILES string of the molecule is COc1ccc2oc(C(=O)OCC(=O)Nc3ccc(C)c([N+](=O)[O-])c3)c(C)c2c1. The predicted molar refractivity (Wildman–Crippen MR) is 104 cm³/mol. The first kappa shape index (κ1) is 19.9. The zero-order valence-corrected chi connectivity index (χ0v) is 16.0. The standard InChI is InChI=1S/C20H18N2O7/c1-11-4-5-13(8-16(11)22(25)26)21-18(23)10-28-20(24)19-12(2)15-9-14(27-3)6-7-17(15)29-19/h4-9H,10H2,1-3H3,(H,21,23). The third kappa shape index (κ3) is 4.18. The molecule has 0 aliphatic heterocycles. The number of esters is 1. The van der Waals surface area contributed by atoms with E-state index in [2.05, 4.69) is 5.32 Å². The lowest BCUT2D eigenvalue weighted by Gasteiger charge is -2.07. The second-order valence-electron chi connectivity index (χ2n) is 6.30. The van der Waals surface area contributed by atoms with Gasteiger partial charge in [-0.15, -0.1) is 0 Å². The summed E-state index contributed by atoms with van der Waals surface area (Å²) in [6.45, 7) is 2.73. The smallest absolute Gasteiger partial charge is 0.375 e. The lowest BCUT2D eigenvalue weighted by Crippen LogP contribution is -2.21. The molecule has 0 saturated carbocycles. The lowest BCUT2D eigenvalue weighted by molar-refractivity contribution is -0.385. The van der Waals surface area contributed by atoms with Crippen LogP contribution in [0.25, 0.3) is 11.0 Å². The summed E-state index contributed by atoms with van der Waals surface area (Å²) in [6.07, 6.45) is 0. The summed E-state index contributed by atoms with van der Waals surface area (Å²) in [5.41, 5.74) is 1.64. The molecule has 1 heterocycles. The van der Waals surface area contributed by atoms with Crippen LogP contribution in [0.1, 0.15) is 21.7 Å². The number of nitrogens with zero attached hydrogens (tertiary/aromatic N) is 1. The fourth-order valence-corrected chi connectivity index (χ4v) is 2.80. The Morgan fingerprint density at radius 2 is 1.93 bits per heavy atom. The summed E-state index contributed by atoms with van der Waals surface area (Å²) < 4.78 is 15.7. The van der Waals surface area contributed by atoms with Crippen LogP contribution in [0.5, 0.6) is 5.75 Å². The summed E-state index contributed by atoms with van der Waals surface area (Å²) in [6, 6.07) is 9.40. The highest BCUT2D eigenvalue weighted by Gasteiger charge is 2.21. The topological polar surface area (TPSA) is 121 Å². The van der Waals surface area contributed by atoms with Gasteiger partial charge in [-0.05, 0) is 38.1 Å². The number of furan rings is 1. The molecule has 0 bridgehead atoms. The van der Waals surface area contributed by atoms with Crippen molar-refractivity contribution in [2.45, 2.75) is 13.8 Å². The van der Waals surface area contributed by atoms with Gasteiger partial charge in [0.2, 0.25) is 5.76 Å². The number of fused-ring (bicyclic) bond motifs is 1. The van der Waals surface area contributed by atoms with Crippen LogP contribution in [0.15, 0.2) is 40.8 Å². The monoisotopic (exact) mass is 398 g/mol. The summed E-state index contributed by atoms with van der Waals surface area (Å²) in [7, 11) is 1.53. The fraction of sp³-hybridized carbons (Fsp3) is 0.200. The summed E-state index contributed by atoms with van der Waals surface area (Å²) in [4.78, 5) is 34.8. The molecular formula is C20H18N2O7. The molecule has 0 saturated heterocycles. The van der Waals surface area contributed by atoms with Gasteiger partial charge in [0, 0.05) is 28.3 Å².